The van der Waals surface area contributed by atoms with E-state index in [9.17, 15) is 9.90 Å². The maximum atomic E-state index is 12.4. The van der Waals surface area contributed by atoms with Gasteiger partial charge in [0, 0.05) is 18.5 Å². The highest BCUT2D eigenvalue weighted by Crippen LogP contribution is 2.27. The molecule has 1 heterocycles. The molecule has 1 aliphatic carbocycles. The third kappa shape index (κ3) is 4.37. The van der Waals surface area contributed by atoms with Crippen molar-refractivity contribution in [1.29, 1.82) is 0 Å². The number of likely N-dealkylation sites (tertiary alicyclic amines) is 1. The minimum absolute atomic E-state index is 0.118. The molecule has 1 aromatic rings. The molecular weight excluding hydrogens is 300 g/mol. The van der Waals surface area contributed by atoms with Crippen molar-refractivity contribution in [2.45, 2.75) is 64.1 Å². The standard InChI is InChI=1S/C20H30N2O2/c1-15-6-8-16(9-7-15)14-21-20(24)17-10-12-22(13-11-17)18-4-2-3-5-19(18)23/h6-9,17-19,23H,2-5,10-14H2,1H3,(H,21,24)/t18-,19-/m1/s1. The van der Waals surface area contributed by atoms with E-state index in [1.165, 1.54) is 12.0 Å². The summed E-state index contributed by atoms with van der Waals surface area (Å²) < 4.78 is 0. The predicted octanol–water partition coefficient (Wildman–Crippen LogP) is 2.63. The predicted molar refractivity (Wildman–Crippen MR) is 95.6 cm³/mol. The number of hydrogen-bond donors (Lipinski definition) is 2. The molecule has 0 radical (unpaired) electrons. The Morgan fingerprint density at radius 1 is 1.12 bits per heavy atom. The number of aliphatic hydroxyl groups excluding tert-OH is 1. The van der Waals surface area contributed by atoms with Crippen LogP contribution in [0.3, 0.4) is 0 Å². The van der Waals surface area contributed by atoms with E-state index in [0.29, 0.717) is 12.6 Å². The molecule has 1 saturated carbocycles. The third-order valence-electron chi connectivity index (χ3n) is 5.65. The zero-order valence-electron chi connectivity index (χ0n) is 14.7. The van der Waals surface area contributed by atoms with Crippen LogP contribution in [-0.4, -0.2) is 41.1 Å². The van der Waals surface area contributed by atoms with Gasteiger partial charge < -0.3 is 10.4 Å². The third-order valence-corrected chi connectivity index (χ3v) is 5.65. The molecule has 2 aliphatic rings. The lowest BCUT2D eigenvalue weighted by Gasteiger charge is -2.41. The quantitative estimate of drug-likeness (QED) is 0.892. The molecule has 132 valence electrons. The molecule has 1 aromatic carbocycles. The van der Waals surface area contributed by atoms with E-state index >= 15 is 0 Å². The molecule has 24 heavy (non-hydrogen) atoms. The Kier molecular flexibility index (Phi) is 5.90. The molecule has 2 N–H and O–H groups in total. The fourth-order valence-electron chi connectivity index (χ4n) is 4.05. The summed E-state index contributed by atoms with van der Waals surface area (Å²) in [6, 6.07) is 8.62. The van der Waals surface area contributed by atoms with Crippen LogP contribution < -0.4 is 5.32 Å². The highest BCUT2D eigenvalue weighted by Gasteiger charge is 2.33. The van der Waals surface area contributed by atoms with Gasteiger partial charge in [0.25, 0.3) is 0 Å². The second-order valence-electron chi connectivity index (χ2n) is 7.43. The van der Waals surface area contributed by atoms with Crippen LogP contribution in [0.1, 0.15) is 49.7 Å². The first kappa shape index (κ1) is 17.4. The summed E-state index contributed by atoms with van der Waals surface area (Å²) in [6.07, 6.45) is 6.04. The van der Waals surface area contributed by atoms with Crippen molar-refractivity contribution < 1.29 is 9.90 Å². The monoisotopic (exact) mass is 330 g/mol. The van der Waals surface area contributed by atoms with E-state index in [1.807, 2.05) is 0 Å². The van der Waals surface area contributed by atoms with Gasteiger partial charge in [-0.1, -0.05) is 42.7 Å². The first-order chi connectivity index (χ1) is 11.6. The summed E-state index contributed by atoms with van der Waals surface area (Å²) in [5.41, 5.74) is 2.39. The second kappa shape index (κ2) is 8.13. The summed E-state index contributed by atoms with van der Waals surface area (Å²) >= 11 is 0. The SMILES string of the molecule is Cc1ccc(CNC(=O)C2CCN([C@@H]3CCCC[C@H]3O)CC2)cc1. The summed E-state index contributed by atoms with van der Waals surface area (Å²) in [4.78, 5) is 14.8. The van der Waals surface area contributed by atoms with Crippen LogP contribution in [0.25, 0.3) is 0 Å². The van der Waals surface area contributed by atoms with Gasteiger partial charge >= 0.3 is 0 Å². The van der Waals surface area contributed by atoms with E-state index in [4.69, 9.17) is 0 Å². The van der Waals surface area contributed by atoms with Crippen LogP contribution in [0, 0.1) is 12.8 Å². The maximum Gasteiger partial charge on any atom is 0.223 e. The van der Waals surface area contributed by atoms with Gasteiger partial charge in [0.15, 0.2) is 0 Å². The molecule has 0 unspecified atom stereocenters. The van der Waals surface area contributed by atoms with E-state index in [2.05, 4.69) is 41.4 Å². The average molecular weight is 330 g/mol. The van der Waals surface area contributed by atoms with Gasteiger partial charge in [0.1, 0.15) is 0 Å². The second-order valence-corrected chi connectivity index (χ2v) is 7.43. The number of carbonyl (C=O) groups is 1. The molecule has 1 saturated heterocycles. The topological polar surface area (TPSA) is 52.6 Å². The lowest BCUT2D eigenvalue weighted by atomic mass is 9.88. The number of aliphatic hydroxyl groups is 1. The van der Waals surface area contributed by atoms with Crippen LogP contribution >= 0.6 is 0 Å². The highest BCUT2D eigenvalue weighted by atomic mass is 16.3. The smallest absolute Gasteiger partial charge is 0.223 e. The van der Waals surface area contributed by atoms with Gasteiger partial charge in [0.05, 0.1) is 6.10 Å². The van der Waals surface area contributed by atoms with Gasteiger partial charge in [-0.05, 0) is 51.3 Å². The number of amides is 1. The summed E-state index contributed by atoms with van der Waals surface area (Å²) in [6.45, 7) is 4.55. The first-order valence-corrected chi connectivity index (χ1v) is 9.39. The first-order valence-electron chi connectivity index (χ1n) is 9.39. The largest absolute Gasteiger partial charge is 0.391 e. The van der Waals surface area contributed by atoms with Crippen LogP contribution in [0.5, 0.6) is 0 Å². The number of aryl methyl sites for hydroxylation is 1. The van der Waals surface area contributed by atoms with Crippen molar-refractivity contribution in [1.82, 2.24) is 10.2 Å². The van der Waals surface area contributed by atoms with Crippen molar-refractivity contribution in [3.05, 3.63) is 35.4 Å². The van der Waals surface area contributed by atoms with Crippen LogP contribution in [0.15, 0.2) is 24.3 Å². The molecule has 1 aliphatic heterocycles. The number of hydrogen-bond acceptors (Lipinski definition) is 3. The Balaban J connectivity index is 1.44. The van der Waals surface area contributed by atoms with Gasteiger partial charge in [-0.2, -0.15) is 0 Å². The highest BCUT2D eigenvalue weighted by molar-refractivity contribution is 5.78. The Labute approximate surface area is 145 Å². The van der Waals surface area contributed by atoms with Gasteiger partial charge in [-0.15, -0.1) is 0 Å². The van der Waals surface area contributed by atoms with Crippen molar-refractivity contribution in [3.8, 4) is 0 Å². The molecular formula is C20H30N2O2. The minimum Gasteiger partial charge on any atom is -0.391 e. The van der Waals surface area contributed by atoms with Crippen molar-refractivity contribution in [2.75, 3.05) is 13.1 Å². The van der Waals surface area contributed by atoms with Gasteiger partial charge in [0.2, 0.25) is 5.91 Å². The van der Waals surface area contributed by atoms with E-state index < -0.39 is 0 Å². The molecule has 1 amide bonds. The van der Waals surface area contributed by atoms with Crippen LogP contribution in [-0.2, 0) is 11.3 Å². The van der Waals surface area contributed by atoms with E-state index in [0.717, 1.165) is 50.8 Å². The van der Waals surface area contributed by atoms with Crippen molar-refractivity contribution in [3.63, 3.8) is 0 Å². The van der Waals surface area contributed by atoms with Crippen molar-refractivity contribution >= 4 is 5.91 Å². The molecule has 4 heteroatoms. The number of piperidine rings is 1. The number of nitrogens with zero attached hydrogens (tertiary/aromatic N) is 1. The van der Waals surface area contributed by atoms with Crippen LogP contribution in [0.2, 0.25) is 0 Å². The zero-order valence-corrected chi connectivity index (χ0v) is 14.7. The zero-order chi connectivity index (χ0) is 16.9. The molecule has 2 fully saturated rings. The van der Waals surface area contributed by atoms with Crippen LogP contribution in [0.4, 0.5) is 0 Å². The molecule has 2 atom stereocenters. The van der Waals surface area contributed by atoms with Gasteiger partial charge in [-0.25, -0.2) is 0 Å². The lowest BCUT2D eigenvalue weighted by molar-refractivity contribution is -0.127. The molecule has 0 aromatic heterocycles. The minimum atomic E-state index is -0.175. The summed E-state index contributed by atoms with van der Waals surface area (Å²) in [5, 5.41) is 13.3. The molecule has 0 spiro atoms. The number of nitrogens with one attached hydrogen (secondary N) is 1. The normalized spacial score (nSPS) is 26.2. The summed E-state index contributed by atoms with van der Waals surface area (Å²) in [5.74, 6) is 0.298. The van der Waals surface area contributed by atoms with E-state index in [1.54, 1.807) is 0 Å². The van der Waals surface area contributed by atoms with Crippen molar-refractivity contribution in [2.24, 2.45) is 5.92 Å². The lowest BCUT2D eigenvalue weighted by Crippen LogP contribution is -2.50. The number of benzene rings is 1. The molecule has 3 rings (SSSR count). The Bertz CT molecular complexity index is 535. The maximum absolute atomic E-state index is 12.4. The Hall–Kier alpha value is -1.39. The molecule has 4 nitrogen and oxygen atoms in total. The Morgan fingerprint density at radius 2 is 1.79 bits per heavy atom. The molecule has 0 bridgehead atoms. The summed E-state index contributed by atoms with van der Waals surface area (Å²) in [7, 11) is 0. The fourth-order valence-corrected chi connectivity index (χ4v) is 4.05. The fraction of sp³-hybridized carbons (Fsp3) is 0.650. The Morgan fingerprint density at radius 3 is 2.46 bits per heavy atom. The average Bonchev–Trinajstić information content (AvgIpc) is 2.61. The number of carbonyl (C=O) groups excluding carboxylic acids is 1. The number of rotatable bonds is 4. The van der Waals surface area contributed by atoms with E-state index in [-0.39, 0.29) is 17.9 Å². The van der Waals surface area contributed by atoms with Gasteiger partial charge in [-0.3, -0.25) is 9.69 Å².